The zero-order chi connectivity index (χ0) is 13.0. The zero-order valence-corrected chi connectivity index (χ0v) is 11.4. The number of anilines is 2. The Balaban J connectivity index is 1.95. The lowest BCUT2D eigenvalue weighted by Gasteiger charge is -2.08. The van der Waals surface area contributed by atoms with E-state index in [4.69, 9.17) is 10.5 Å². The normalized spacial score (nSPS) is 10.3. The number of nitrogen functional groups attached to an aromatic ring is 1. The van der Waals surface area contributed by atoms with E-state index in [1.54, 1.807) is 7.11 Å². The minimum absolute atomic E-state index is 0.445. The van der Waals surface area contributed by atoms with Crippen LogP contribution >= 0.6 is 11.5 Å². The van der Waals surface area contributed by atoms with Gasteiger partial charge in [0.05, 0.1) is 7.11 Å². The molecule has 1 aromatic carbocycles. The molecule has 1 aromatic heterocycles. The number of aryl methyl sites for hydroxylation is 1. The second-order valence-electron chi connectivity index (χ2n) is 4.03. The molecule has 0 spiro atoms. The number of nitrogens with one attached hydrogen (secondary N) is 1. The van der Waals surface area contributed by atoms with Crippen LogP contribution in [-0.2, 0) is 6.42 Å². The number of nitrogens with two attached hydrogens (primary N) is 1. The van der Waals surface area contributed by atoms with Gasteiger partial charge in [-0.25, -0.2) is 0 Å². The molecule has 5 heteroatoms. The third kappa shape index (κ3) is 2.73. The predicted molar refractivity (Wildman–Crippen MR) is 76.5 cm³/mol. The maximum atomic E-state index is 5.69. The molecule has 18 heavy (non-hydrogen) atoms. The Kier molecular flexibility index (Phi) is 4.04. The second-order valence-corrected chi connectivity index (χ2v) is 4.81. The predicted octanol–water partition coefficient (Wildman–Crippen LogP) is 2.70. The average Bonchev–Trinajstić information content (AvgIpc) is 2.72. The van der Waals surface area contributed by atoms with E-state index in [1.807, 2.05) is 0 Å². The number of methoxy groups -OCH3 is 1. The molecule has 2 aromatic rings. The Bertz CT molecular complexity index is 525. The van der Waals surface area contributed by atoms with Crippen molar-refractivity contribution in [1.82, 2.24) is 4.37 Å². The van der Waals surface area contributed by atoms with Gasteiger partial charge in [0, 0.05) is 6.54 Å². The largest absolute Gasteiger partial charge is 0.490 e. The third-order valence-electron chi connectivity index (χ3n) is 2.82. The first-order valence-electron chi connectivity index (χ1n) is 5.80. The minimum atomic E-state index is 0.445. The number of nitrogens with zero attached hydrogens (tertiary/aromatic N) is 1. The smallest absolute Gasteiger partial charge is 0.197 e. The molecule has 0 bridgehead atoms. The third-order valence-corrected chi connectivity index (χ3v) is 3.62. The van der Waals surface area contributed by atoms with Crippen LogP contribution < -0.4 is 15.8 Å². The topological polar surface area (TPSA) is 60.2 Å². The van der Waals surface area contributed by atoms with Crippen LogP contribution in [0.25, 0.3) is 0 Å². The number of rotatable bonds is 5. The van der Waals surface area contributed by atoms with E-state index in [0.29, 0.717) is 11.6 Å². The van der Waals surface area contributed by atoms with Crippen LogP contribution in [0, 0.1) is 6.92 Å². The lowest BCUT2D eigenvalue weighted by Crippen LogP contribution is -2.05. The number of hydrogen-bond donors (Lipinski definition) is 2. The highest BCUT2D eigenvalue weighted by Crippen LogP contribution is 2.34. The molecule has 0 aliphatic rings. The van der Waals surface area contributed by atoms with Gasteiger partial charge in [-0.05, 0) is 36.0 Å². The Morgan fingerprint density at radius 3 is 2.89 bits per heavy atom. The van der Waals surface area contributed by atoms with Crippen LogP contribution in [0.15, 0.2) is 24.3 Å². The standard InChI is InChI=1S/C13H17N3OS/c1-9-5-3-4-6-10(9)7-8-15-13-11(17-2)12(14)16-18-13/h3-6,15H,7-8H2,1-2H3,(H2,14,16). The molecule has 0 aliphatic carbocycles. The summed E-state index contributed by atoms with van der Waals surface area (Å²) < 4.78 is 9.27. The SMILES string of the molecule is COc1c(N)nsc1NCCc1ccccc1C. The molecule has 1 heterocycles. The van der Waals surface area contributed by atoms with Crippen molar-refractivity contribution in [3.8, 4) is 5.75 Å². The van der Waals surface area contributed by atoms with E-state index in [2.05, 4.69) is 40.9 Å². The van der Waals surface area contributed by atoms with E-state index in [0.717, 1.165) is 18.0 Å². The Hall–Kier alpha value is -1.75. The summed E-state index contributed by atoms with van der Waals surface area (Å²) in [6.45, 7) is 2.96. The molecule has 0 fully saturated rings. The van der Waals surface area contributed by atoms with E-state index in [9.17, 15) is 0 Å². The summed E-state index contributed by atoms with van der Waals surface area (Å²) in [7, 11) is 1.60. The summed E-state index contributed by atoms with van der Waals surface area (Å²) in [6.07, 6.45) is 0.966. The summed E-state index contributed by atoms with van der Waals surface area (Å²) in [4.78, 5) is 0. The molecule has 0 atom stereocenters. The molecule has 3 N–H and O–H groups in total. The molecule has 2 rings (SSSR count). The van der Waals surface area contributed by atoms with Gasteiger partial charge in [-0.3, -0.25) is 0 Å². The van der Waals surface area contributed by atoms with Crippen LogP contribution in [0.4, 0.5) is 10.8 Å². The minimum Gasteiger partial charge on any atom is -0.490 e. The highest BCUT2D eigenvalue weighted by atomic mass is 32.1. The summed E-state index contributed by atoms with van der Waals surface area (Å²) in [5.74, 6) is 1.09. The van der Waals surface area contributed by atoms with Crippen molar-refractivity contribution in [3.63, 3.8) is 0 Å². The van der Waals surface area contributed by atoms with Gasteiger partial charge in [0.2, 0.25) is 0 Å². The van der Waals surface area contributed by atoms with Crippen LogP contribution in [0.5, 0.6) is 5.75 Å². The first-order chi connectivity index (χ1) is 8.72. The molecule has 0 saturated heterocycles. The van der Waals surface area contributed by atoms with Crippen molar-refractivity contribution >= 4 is 22.4 Å². The summed E-state index contributed by atoms with van der Waals surface area (Å²) in [5, 5.41) is 4.20. The van der Waals surface area contributed by atoms with Gasteiger partial charge in [0.25, 0.3) is 0 Å². The van der Waals surface area contributed by atoms with E-state index in [1.165, 1.54) is 22.7 Å². The monoisotopic (exact) mass is 263 g/mol. The molecular formula is C13H17N3OS. The molecule has 0 radical (unpaired) electrons. The van der Waals surface area contributed by atoms with Gasteiger partial charge in [-0.2, -0.15) is 4.37 Å². The number of benzene rings is 1. The van der Waals surface area contributed by atoms with Crippen molar-refractivity contribution < 1.29 is 4.74 Å². The maximum Gasteiger partial charge on any atom is 0.197 e. The molecular weight excluding hydrogens is 246 g/mol. The highest BCUT2D eigenvalue weighted by molar-refractivity contribution is 7.11. The molecule has 0 saturated carbocycles. The first kappa shape index (κ1) is 12.7. The number of ether oxygens (including phenoxy) is 1. The van der Waals surface area contributed by atoms with Gasteiger partial charge in [0.1, 0.15) is 0 Å². The fourth-order valence-corrected chi connectivity index (χ4v) is 2.52. The van der Waals surface area contributed by atoms with Gasteiger partial charge in [0.15, 0.2) is 16.6 Å². The van der Waals surface area contributed by atoms with E-state index >= 15 is 0 Å². The van der Waals surface area contributed by atoms with Crippen molar-refractivity contribution in [3.05, 3.63) is 35.4 Å². The van der Waals surface area contributed by atoms with Gasteiger partial charge in [-0.1, -0.05) is 24.3 Å². The van der Waals surface area contributed by atoms with Crippen LogP contribution in [0.2, 0.25) is 0 Å². The van der Waals surface area contributed by atoms with Crippen molar-refractivity contribution in [1.29, 1.82) is 0 Å². The Morgan fingerprint density at radius 1 is 1.39 bits per heavy atom. The summed E-state index contributed by atoms with van der Waals surface area (Å²) in [6, 6.07) is 8.39. The molecule has 96 valence electrons. The van der Waals surface area contributed by atoms with Gasteiger partial charge >= 0.3 is 0 Å². The van der Waals surface area contributed by atoms with Crippen molar-refractivity contribution in [2.45, 2.75) is 13.3 Å². The quantitative estimate of drug-likeness (QED) is 0.870. The fraction of sp³-hybridized carbons (Fsp3) is 0.308. The Labute approximate surface area is 111 Å². The number of hydrogen-bond acceptors (Lipinski definition) is 5. The van der Waals surface area contributed by atoms with Crippen LogP contribution in [0.3, 0.4) is 0 Å². The summed E-state index contributed by atoms with van der Waals surface area (Å²) in [5.41, 5.74) is 8.36. The lowest BCUT2D eigenvalue weighted by molar-refractivity contribution is 0.419. The van der Waals surface area contributed by atoms with E-state index in [-0.39, 0.29) is 0 Å². The molecule has 0 aliphatic heterocycles. The summed E-state index contributed by atoms with van der Waals surface area (Å²) >= 11 is 1.33. The number of aromatic nitrogens is 1. The maximum absolute atomic E-state index is 5.69. The highest BCUT2D eigenvalue weighted by Gasteiger charge is 2.10. The first-order valence-corrected chi connectivity index (χ1v) is 6.57. The van der Waals surface area contributed by atoms with Gasteiger partial charge in [-0.15, -0.1) is 0 Å². The van der Waals surface area contributed by atoms with Crippen molar-refractivity contribution in [2.24, 2.45) is 0 Å². The molecule has 0 amide bonds. The fourth-order valence-electron chi connectivity index (χ4n) is 1.81. The zero-order valence-electron chi connectivity index (χ0n) is 10.6. The average molecular weight is 263 g/mol. The molecule has 0 unspecified atom stereocenters. The van der Waals surface area contributed by atoms with Crippen LogP contribution in [0.1, 0.15) is 11.1 Å². The molecule has 4 nitrogen and oxygen atoms in total. The second kappa shape index (κ2) is 5.73. The lowest BCUT2D eigenvalue weighted by atomic mass is 10.1. The van der Waals surface area contributed by atoms with Crippen molar-refractivity contribution in [2.75, 3.05) is 24.7 Å². The van der Waals surface area contributed by atoms with E-state index < -0.39 is 0 Å². The Morgan fingerprint density at radius 2 is 2.17 bits per heavy atom. The van der Waals surface area contributed by atoms with Crippen LogP contribution in [-0.4, -0.2) is 18.0 Å². The van der Waals surface area contributed by atoms with Gasteiger partial charge < -0.3 is 15.8 Å².